The van der Waals surface area contributed by atoms with E-state index in [9.17, 15) is 40.2 Å². The van der Waals surface area contributed by atoms with Crippen molar-refractivity contribution in [3.05, 3.63) is 47.1 Å². The number of Topliss-reactive ketones (excluding diaryl/α,β-unsaturated/α-hetero) is 1. The lowest BCUT2D eigenvalue weighted by atomic mass is 9.46. The molecule has 0 amide bonds. The molecule has 1 aliphatic heterocycles. The second kappa shape index (κ2) is 12.8. The number of esters is 1. The van der Waals surface area contributed by atoms with Gasteiger partial charge in [0.25, 0.3) is 0 Å². The van der Waals surface area contributed by atoms with Crippen molar-refractivity contribution >= 4 is 17.8 Å². The van der Waals surface area contributed by atoms with Crippen molar-refractivity contribution < 1.29 is 54.4 Å². The van der Waals surface area contributed by atoms with Gasteiger partial charge in [0, 0.05) is 36.3 Å². The van der Waals surface area contributed by atoms with Crippen LogP contribution in [0.25, 0.3) is 6.08 Å². The van der Waals surface area contributed by atoms with Gasteiger partial charge in [0.2, 0.25) is 0 Å². The fourth-order valence-electron chi connectivity index (χ4n) is 8.24. The number of hydrogen-bond donors (Lipinski definition) is 6. The number of aliphatic hydroxyl groups excluding tert-OH is 4. The van der Waals surface area contributed by atoms with Gasteiger partial charge in [-0.15, -0.1) is 0 Å². The van der Waals surface area contributed by atoms with Gasteiger partial charge in [0.05, 0.1) is 24.4 Å². The van der Waals surface area contributed by atoms with E-state index in [0.717, 1.165) is 6.08 Å². The van der Waals surface area contributed by atoms with E-state index in [0.29, 0.717) is 29.6 Å². The van der Waals surface area contributed by atoms with E-state index in [4.69, 9.17) is 14.2 Å². The maximum Gasteiger partial charge on any atom is 0.331 e. The second-order valence-electron chi connectivity index (χ2n) is 14.7. The SMILES string of the molecule is CC(C)C1(O)CC2=C(C(O)C1)C1(C)C(OC3OC(CO)C(O)C(O)C3OC(=O)C=Cc3ccc(O)cc3)CCC(C)(C)C1CC2=O. The van der Waals surface area contributed by atoms with Crippen LogP contribution in [0, 0.1) is 22.7 Å². The zero-order chi connectivity index (χ0) is 33.8. The Balaban J connectivity index is 1.48. The van der Waals surface area contributed by atoms with Crippen molar-refractivity contribution in [2.45, 2.75) is 115 Å². The van der Waals surface area contributed by atoms with Crippen molar-refractivity contribution in [3.8, 4) is 5.75 Å². The van der Waals surface area contributed by atoms with Crippen LogP contribution in [-0.2, 0) is 23.8 Å². The van der Waals surface area contributed by atoms with Gasteiger partial charge in [-0.2, -0.15) is 0 Å². The molecule has 1 aromatic rings. The number of phenolic OH excluding ortho intramolecular Hbond substituents is 1. The summed E-state index contributed by atoms with van der Waals surface area (Å²) in [5.41, 5.74) is -0.858. The molecule has 5 rings (SSSR count). The van der Waals surface area contributed by atoms with Crippen LogP contribution in [0.3, 0.4) is 0 Å². The molecular weight excluding hydrogens is 596 g/mol. The van der Waals surface area contributed by atoms with Crippen LogP contribution in [0.2, 0.25) is 0 Å². The number of ketones is 1. The zero-order valence-corrected chi connectivity index (χ0v) is 27.1. The molecule has 0 aromatic heterocycles. The van der Waals surface area contributed by atoms with Gasteiger partial charge in [-0.3, -0.25) is 4.79 Å². The summed E-state index contributed by atoms with van der Waals surface area (Å²) in [6, 6.07) is 6.12. The minimum Gasteiger partial charge on any atom is -0.508 e. The maximum atomic E-state index is 13.7. The number of carbonyl (C=O) groups excluding carboxylic acids is 2. The minimum atomic E-state index is -1.66. The summed E-state index contributed by atoms with van der Waals surface area (Å²) < 4.78 is 18.2. The summed E-state index contributed by atoms with van der Waals surface area (Å²) in [5, 5.41) is 64.2. The van der Waals surface area contributed by atoms with Gasteiger partial charge in [-0.05, 0) is 59.4 Å². The Hall–Kier alpha value is -2.64. The van der Waals surface area contributed by atoms with Crippen LogP contribution in [0.15, 0.2) is 41.5 Å². The molecule has 1 saturated heterocycles. The molecule has 1 saturated carbocycles. The Kier molecular flexibility index (Phi) is 9.62. The monoisotopic (exact) mass is 644 g/mol. The van der Waals surface area contributed by atoms with Crippen LogP contribution >= 0.6 is 0 Å². The number of aliphatic hydroxyl groups is 5. The fraction of sp³-hybridized carbons (Fsp3) is 0.657. The Bertz CT molecular complexity index is 1370. The number of carbonyl (C=O) groups is 2. The summed E-state index contributed by atoms with van der Waals surface area (Å²) in [4.78, 5) is 26.6. The number of benzene rings is 1. The van der Waals surface area contributed by atoms with E-state index in [1.807, 2.05) is 20.8 Å². The van der Waals surface area contributed by atoms with Gasteiger partial charge in [0.1, 0.15) is 24.1 Å². The van der Waals surface area contributed by atoms with Crippen LogP contribution in [0.5, 0.6) is 5.75 Å². The molecule has 10 atom stereocenters. The Labute approximate surface area is 269 Å². The van der Waals surface area contributed by atoms with E-state index < -0.39 is 66.5 Å². The molecule has 3 aliphatic carbocycles. The predicted molar refractivity (Wildman–Crippen MR) is 166 cm³/mol. The molecule has 11 heteroatoms. The zero-order valence-electron chi connectivity index (χ0n) is 27.1. The van der Waals surface area contributed by atoms with E-state index in [2.05, 4.69) is 13.8 Å². The van der Waals surface area contributed by atoms with E-state index in [1.165, 1.54) is 18.2 Å². The maximum absolute atomic E-state index is 13.7. The number of rotatable bonds is 7. The van der Waals surface area contributed by atoms with Crippen molar-refractivity contribution in [1.82, 2.24) is 0 Å². The van der Waals surface area contributed by atoms with E-state index in [-0.39, 0.29) is 48.0 Å². The average molecular weight is 645 g/mol. The topological polar surface area (TPSA) is 183 Å². The minimum absolute atomic E-state index is 0.0667. The third kappa shape index (κ3) is 6.19. The third-order valence-corrected chi connectivity index (χ3v) is 11.1. The molecule has 1 aromatic carbocycles. The highest BCUT2D eigenvalue weighted by atomic mass is 16.7. The first-order valence-electron chi connectivity index (χ1n) is 16.1. The lowest BCUT2D eigenvalue weighted by Crippen LogP contribution is -2.64. The van der Waals surface area contributed by atoms with Crippen molar-refractivity contribution in [2.24, 2.45) is 22.7 Å². The smallest absolute Gasteiger partial charge is 0.331 e. The van der Waals surface area contributed by atoms with Crippen LogP contribution in [-0.4, -0.2) is 97.5 Å². The summed E-state index contributed by atoms with van der Waals surface area (Å²) in [6.45, 7) is 9.25. The van der Waals surface area contributed by atoms with E-state index in [1.54, 1.807) is 12.1 Å². The summed E-state index contributed by atoms with van der Waals surface area (Å²) in [7, 11) is 0. The van der Waals surface area contributed by atoms with Crippen molar-refractivity contribution in [3.63, 3.8) is 0 Å². The van der Waals surface area contributed by atoms with Crippen LogP contribution in [0.4, 0.5) is 0 Å². The van der Waals surface area contributed by atoms with Gasteiger partial charge >= 0.3 is 5.97 Å². The van der Waals surface area contributed by atoms with Crippen LogP contribution in [0.1, 0.15) is 72.3 Å². The first kappa shape index (κ1) is 34.7. The van der Waals surface area contributed by atoms with Gasteiger partial charge in [-0.25, -0.2) is 4.79 Å². The predicted octanol–water partition coefficient (Wildman–Crippen LogP) is 2.40. The molecule has 46 heavy (non-hydrogen) atoms. The number of aromatic hydroxyl groups is 1. The first-order valence-corrected chi connectivity index (χ1v) is 16.1. The quantitative estimate of drug-likeness (QED) is 0.189. The van der Waals surface area contributed by atoms with Gasteiger partial charge in [-0.1, -0.05) is 46.8 Å². The molecule has 6 N–H and O–H groups in total. The van der Waals surface area contributed by atoms with Gasteiger partial charge in [0.15, 0.2) is 18.2 Å². The molecule has 0 spiro atoms. The molecule has 0 radical (unpaired) electrons. The largest absolute Gasteiger partial charge is 0.508 e. The molecule has 10 unspecified atom stereocenters. The molecule has 1 heterocycles. The molecule has 2 fully saturated rings. The van der Waals surface area contributed by atoms with Crippen molar-refractivity contribution in [1.29, 1.82) is 0 Å². The summed E-state index contributed by atoms with van der Waals surface area (Å²) >= 11 is 0. The number of fused-ring (bicyclic) bond motifs is 2. The Morgan fingerprint density at radius 1 is 1.11 bits per heavy atom. The normalized spacial score (nSPS) is 39.3. The molecule has 0 bridgehead atoms. The fourth-order valence-corrected chi connectivity index (χ4v) is 8.24. The highest BCUT2D eigenvalue weighted by Crippen LogP contribution is 2.63. The third-order valence-electron chi connectivity index (χ3n) is 11.1. The Morgan fingerprint density at radius 2 is 1.78 bits per heavy atom. The molecular formula is C35H48O11. The lowest BCUT2D eigenvalue weighted by molar-refractivity contribution is -0.326. The van der Waals surface area contributed by atoms with Gasteiger partial charge < -0.3 is 44.8 Å². The lowest BCUT2D eigenvalue weighted by Gasteiger charge is -2.60. The first-order chi connectivity index (χ1) is 21.5. The highest BCUT2D eigenvalue weighted by Gasteiger charge is 2.62. The summed E-state index contributed by atoms with van der Waals surface area (Å²) in [5.74, 6) is -1.31. The van der Waals surface area contributed by atoms with E-state index >= 15 is 0 Å². The second-order valence-corrected chi connectivity index (χ2v) is 14.7. The number of hydrogen-bond acceptors (Lipinski definition) is 11. The molecule has 254 valence electrons. The highest BCUT2D eigenvalue weighted by molar-refractivity contribution is 5.98. The number of phenols is 1. The molecule has 11 nitrogen and oxygen atoms in total. The van der Waals surface area contributed by atoms with Crippen molar-refractivity contribution in [2.75, 3.05) is 6.61 Å². The number of ether oxygens (including phenoxy) is 3. The Morgan fingerprint density at radius 3 is 2.41 bits per heavy atom. The van der Waals surface area contributed by atoms with Crippen LogP contribution < -0.4 is 0 Å². The summed E-state index contributed by atoms with van der Waals surface area (Å²) in [6.07, 6.45) is -4.98. The standard InChI is InChI=1S/C35H48O11/c1-18(2)35(43)15-21-22(38)14-25-33(3,4)13-12-26(34(25,5)28(21)23(39)16-35)45-32-31(30(42)29(41)24(17-36)44-32)46-27(40)11-8-19-6-9-20(37)10-7-19/h6-11,18,23-26,29-32,36-37,39,41-43H,12-17H2,1-5H3. The average Bonchev–Trinajstić information content (AvgIpc) is 2.99. The molecule has 4 aliphatic rings.